The standard InChI is InChI=1S/C17H19N3O4S/c21-16(12-11-25-15(18-12)13-3-1-9-23-13)19-5-7-20(8-6-19)17(22)14-4-2-10-24-14/h1,3,9,11,14H,2,4-8,10H2. The Morgan fingerprint density at radius 2 is 2.00 bits per heavy atom. The predicted molar refractivity (Wildman–Crippen MR) is 91.3 cm³/mol. The Hall–Kier alpha value is -2.19. The Balaban J connectivity index is 1.36. The summed E-state index contributed by atoms with van der Waals surface area (Å²) in [6.45, 7) is 2.78. The minimum absolute atomic E-state index is 0.0540. The van der Waals surface area contributed by atoms with E-state index < -0.39 is 0 Å². The Morgan fingerprint density at radius 1 is 1.20 bits per heavy atom. The van der Waals surface area contributed by atoms with Crippen molar-refractivity contribution in [3.8, 4) is 10.8 Å². The molecular formula is C17H19N3O4S. The quantitative estimate of drug-likeness (QED) is 0.834. The summed E-state index contributed by atoms with van der Waals surface area (Å²) in [4.78, 5) is 32.9. The summed E-state index contributed by atoms with van der Waals surface area (Å²) in [6.07, 6.45) is 3.03. The minimum atomic E-state index is -0.295. The molecular weight excluding hydrogens is 342 g/mol. The van der Waals surface area contributed by atoms with Crippen LogP contribution in [-0.2, 0) is 9.53 Å². The summed E-state index contributed by atoms with van der Waals surface area (Å²) in [5.41, 5.74) is 0.426. The molecule has 0 saturated carbocycles. The fourth-order valence-corrected chi connectivity index (χ4v) is 3.91. The largest absolute Gasteiger partial charge is 0.462 e. The molecule has 4 heterocycles. The Kier molecular flexibility index (Phi) is 4.54. The molecule has 1 atom stereocenters. The first-order valence-corrected chi connectivity index (χ1v) is 9.29. The van der Waals surface area contributed by atoms with Crippen molar-refractivity contribution in [3.05, 3.63) is 29.5 Å². The summed E-state index contributed by atoms with van der Waals surface area (Å²) in [5.74, 6) is 0.618. The monoisotopic (exact) mass is 361 g/mol. The molecule has 0 radical (unpaired) electrons. The maximum atomic E-state index is 12.6. The van der Waals surface area contributed by atoms with Crippen molar-refractivity contribution >= 4 is 23.2 Å². The van der Waals surface area contributed by atoms with E-state index in [0.717, 1.165) is 12.8 Å². The molecule has 2 aliphatic heterocycles. The second kappa shape index (κ2) is 6.97. The lowest BCUT2D eigenvalue weighted by molar-refractivity contribution is -0.142. The zero-order valence-electron chi connectivity index (χ0n) is 13.7. The number of carbonyl (C=O) groups excluding carboxylic acids is 2. The summed E-state index contributed by atoms with van der Waals surface area (Å²) >= 11 is 1.39. The highest BCUT2D eigenvalue weighted by Gasteiger charge is 2.32. The van der Waals surface area contributed by atoms with Crippen LogP contribution in [0.15, 0.2) is 28.2 Å². The number of amides is 2. The number of ether oxygens (including phenoxy) is 1. The summed E-state index contributed by atoms with van der Waals surface area (Å²) in [5, 5.41) is 2.45. The molecule has 2 amide bonds. The average molecular weight is 361 g/mol. The van der Waals surface area contributed by atoms with Crippen molar-refractivity contribution < 1.29 is 18.7 Å². The number of rotatable bonds is 3. The van der Waals surface area contributed by atoms with Gasteiger partial charge in [-0.3, -0.25) is 9.59 Å². The van der Waals surface area contributed by atoms with E-state index in [1.165, 1.54) is 11.3 Å². The molecule has 0 aliphatic carbocycles. The van der Waals surface area contributed by atoms with Crippen molar-refractivity contribution in [2.75, 3.05) is 32.8 Å². The maximum absolute atomic E-state index is 12.6. The SMILES string of the molecule is O=C(c1csc(-c2ccco2)n1)N1CCN(C(=O)C2CCCO2)CC1. The number of thiazole rings is 1. The third kappa shape index (κ3) is 3.32. The van der Waals surface area contributed by atoms with Crippen LogP contribution in [0.25, 0.3) is 10.8 Å². The van der Waals surface area contributed by atoms with Crippen LogP contribution in [0.4, 0.5) is 0 Å². The van der Waals surface area contributed by atoms with Crippen LogP contribution in [-0.4, -0.2) is 65.5 Å². The lowest BCUT2D eigenvalue weighted by atomic mass is 10.2. The van der Waals surface area contributed by atoms with E-state index in [4.69, 9.17) is 9.15 Å². The minimum Gasteiger partial charge on any atom is -0.462 e. The van der Waals surface area contributed by atoms with Crippen LogP contribution in [0.2, 0.25) is 0 Å². The maximum Gasteiger partial charge on any atom is 0.273 e. The lowest BCUT2D eigenvalue weighted by Gasteiger charge is -2.35. The molecule has 2 aromatic heterocycles. The van der Waals surface area contributed by atoms with Gasteiger partial charge in [0.15, 0.2) is 10.8 Å². The van der Waals surface area contributed by atoms with Crippen LogP contribution in [0.5, 0.6) is 0 Å². The molecule has 2 fully saturated rings. The van der Waals surface area contributed by atoms with Gasteiger partial charge >= 0.3 is 0 Å². The Labute approximate surface area is 149 Å². The van der Waals surface area contributed by atoms with Crippen molar-refractivity contribution in [2.24, 2.45) is 0 Å². The molecule has 0 bridgehead atoms. The summed E-state index contributed by atoms with van der Waals surface area (Å²) in [7, 11) is 0. The number of carbonyl (C=O) groups is 2. The molecule has 0 N–H and O–H groups in total. The molecule has 8 heteroatoms. The normalized spacial score (nSPS) is 20.9. The van der Waals surface area contributed by atoms with Crippen molar-refractivity contribution in [1.82, 2.24) is 14.8 Å². The first-order chi connectivity index (χ1) is 12.2. The van der Waals surface area contributed by atoms with Crippen LogP contribution >= 0.6 is 11.3 Å². The molecule has 2 aromatic rings. The Bertz CT molecular complexity index is 744. The first-order valence-electron chi connectivity index (χ1n) is 8.41. The van der Waals surface area contributed by atoms with Crippen LogP contribution in [0, 0.1) is 0 Å². The number of piperazine rings is 1. The molecule has 2 aliphatic rings. The topological polar surface area (TPSA) is 75.9 Å². The molecule has 25 heavy (non-hydrogen) atoms. The second-order valence-electron chi connectivity index (χ2n) is 6.13. The number of nitrogens with zero attached hydrogens (tertiary/aromatic N) is 3. The van der Waals surface area contributed by atoms with Crippen molar-refractivity contribution in [2.45, 2.75) is 18.9 Å². The molecule has 132 valence electrons. The van der Waals surface area contributed by atoms with Gasteiger partial charge < -0.3 is 19.0 Å². The fraction of sp³-hybridized carbons (Fsp3) is 0.471. The predicted octanol–water partition coefficient (Wildman–Crippen LogP) is 1.87. The fourth-order valence-electron chi connectivity index (χ4n) is 3.15. The first kappa shape index (κ1) is 16.3. The molecule has 0 spiro atoms. The molecule has 1 unspecified atom stereocenters. The molecule has 4 rings (SSSR count). The van der Waals surface area contributed by atoms with Crippen molar-refractivity contribution in [1.29, 1.82) is 0 Å². The van der Waals surface area contributed by atoms with Gasteiger partial charge in [-0.2, -0.15) is 0 Å². The van der Waals surface area contributed by atoms with E-state index in [9.17, 15) is 9.59 Å². The van der Waals surface area contributed by atoms with Gasteiger partial charge in [0.2, 0.25) is 0 Å². The zero-order chi connectivity index (χ0) is 17.2. The van der Waals surface area contributed by atoms with Gasteiger partial charge in [0.25, 0.3) is 11.8 Å². The van der Waals surface area contributed by atoms with E-state index in [2.05, 4.69) is 4.98 Å². The van der Waals surface area contributed by atoms with Gasteiger partial charge in [-0.05, 0) is 25.0 Å². The van der Waals surface area contributed by atoms with Gasteiger partial charge in [0.05, 0.1) is 6.26 Å². The van der Waals surface area contributed by atoms with Gasteiger partial charge in [0, 0.05) is 38.2 Å². The van der Waals surface area contributed by atoms with Crippen LogP contribution in [0.1, 0.15) is 23.3 Å². The van der Waals surface area contributed by atoms with Gasteiger partial charge in [-0.1, -0.05) is 0 Å². The van der Waals surface area contributed by atoms with Crippen LogP contribution in [0.3, 0.4) is 0 Å². The number of furan rings is 1. The highest BCUT2D eigenvalue weighted by molar-refractivity contribution is 7.13. The summed E-state index contributed by atoms with van der Waals surface area (Å²) in [6, 6.07) is 3.62. The van der Waals surface area contributed by atoms with E-state index in [0.29, 0.717) is 49.2 Å². The number of aromatic nitrogens is 1. The van der Waals surface area contributed by atoms with Gasteiger partial charge in [0.1, 0.15) is 11.8 Å². The molecule has 0 aromatic carbocycles. The highest BCUT2D eigenvalue weighted by Crippen LogP contribution is 2.25. The second-order valence-corrected chi connectivity index (χ2v) is 6.99. The third-order valence-electron chi connectivity index (χ3n) is 4.54. The smallest absolute Gasteiger partial charge is 0.273 e. The van der Waals surface area contributed by atoms with E-state index >= 15 is 0 Å². The average Bonchev–Trinajstić information content (AvgIpc) is 3.42. The molecule has 7 nitrogen and oxygen atoms in total. The Morgan fingerprint density at radius 3 is 2.68 bits per heavy atom. The van der Waals surface area contributed by atoms with Crippen molar-refractivity contribution in [3.63, 3.8) is 0 Å². The van der Waals surface area contributed by atoms with E-state index in [1.807, 2.05) is 6.07 Å². The number of hydrogen-bond donors (Lipinski definition) is 0. The molecule has 2 saturated heterocycles. The van der Waals surface area contributed by atoms with E-state index in [-0.39, 0.29) is 17.9 Å². The summed E-state index contributed by atoms with van der Waals surface area (Å²) < 4.78 is 10.8. The van der Waals surface area contributed by atoms with Crippen LogP contribution < -0.4 is 0 Å². The van der Waals surface area contributed by atoms with Gasteiger partial charge in [-0.15, -0.1) is 11.3 Å². The number of hydrogen-bond acceptors (Lipinski definition) is 6. The van der Waals surface area contributed by atoms with Gasteiger partial charge in [-0.25, -0.2) is 4.98 Å². The third-order valence-corrected chi connectivity index (χ3v) is 5.40. The zero-order valence-corrected chi connectivity index (χ0v) is 14.5. The highest BCUT2D eigenvalue weighted by atomic mass is 32.1. The van der Waals surface area contributed by atoms with E-state index in [1.54, 1.807) is 27.5 Å². The lowest BCUT2D eigenvalue weighted by Crippen LogP contribution is -2.52.